The Morgan fingerprint density at radius 1 is 1.67 bits per heavy atom. The average molecular weight is 250 g/mol. The van der Waals surface area contributed by atoms with Crippen LogP contribution in [0.3, 0.4) is 0 Å². The summed E-state index contributed by atoms with van der Waals surface area (Å²) in [4.78, 5) is 12.4. The number of carbonyl (C=O) groups is 1. The number of hydrogen-bond donors (Lipinski definition) is 2. The Hall–Kier alpha value is -1.36. The van der Waals surface area contributed by atoms with Gasteiger partial charge in [-0.3, -0.25) is 9.48 Å². The zero-order valence-electron chi connectivity index (χ0n) is 11.2. The number of nitrogens with one attached hydrogen (secondary N) is 2. The van der Waals surface area contributed by atoms with Crippen molar-refractivity contribution in [3.05, 3.63) is 18.0 Å². The van der Waals surface area contributed by atoms with Crippen molar-refractivity contribution in [3.8, 4) is 0 Å². The molecule has 0 bridgehead atoms. The Kier molecular flexibility index (Phi) is 4.01. The first-order valence-electron chi connectivity index (χ1n) is 6.63. The maximum Gasteiger partial charge on any atom is 0.227 e. The van der Waals surface area contributed by atoms with E-state index in [1.165, 1.54) is 0 Å². The fourth-order valence-corrected chi connectivity index (χ4v) is 2.68. The number of rotatable bonds is 5. The zero-order chi connectivity index (χ0) is 13.0. The van der Waals surface area contributed by atoms with Gasteiger partial charge in [-0.05, 0) is 19.4 Å². The Morgan fingerprint density at radius 3 is 3.06 bits per heavy atom. The number of amides is 1. The molecule has 0 radical (unpaired) electrons. The molecule has 0 aromatic carbocycles. The molecular weight excluding hydrogens is 228 g/mol. The van der Waals surface area contributed by atoms with E-state index in [1.54, 1.807) is 10.9 Å². The molecule has 5 heteroatoms. The Morgan fingerprint density at radius 2 is 2.50 bits per heavy atom. The van der Waals surface area contributed by atoms with Gasteiger partial charge in [0.15, 0.2) is 0 Å². The van der Waals surface area contributed by atoms with Crippen LogP contribution in [0.1, 0.15) is 31.7 Å². The molecule has 1 atom stereocenters. The number of aromatic nitrogens is 2. The van der Waals surface area contributed by atoms with Gasteiger partial charge in [-0.25, -0.2) is 0 Å². The quantitative estimate of drug-likeness (QED) is 0.813. The SMILES string of the molecule is CCCC1(C(=O)NCc2cnn(C)c2)CCNC1. The molecule has 0 saturated carbocycles. The summed E-state index contributed by atoms with van der Waals surface area (Å²) in [5, 5.41) is 10.5. The van der Waals surface area contributed by atoms with Crippen LogP contribution in [0.4, 0.5) is 0 Å². The van der Waals surface area contributed by atoms with E-state index in [0.717, 1.165) is 37.9 Å². The van der Waals surface area contributed by atoms with Crippen molar-refractivity contribution >= 4 is 5.91 Å². The number of aryl methyl sites for hydroxylation is 1. The van der Waals surface area contributed by atoms with Gasteiger partial charge in [0.25, 0.3) is 0 Å². The first-order valence-corrected chi connectivity index (χ1v) is 6.63. The number of hydrogen-bond acceptors (Lipinski definition) is 3. The Labute approximate surface area is 108 Å². The molecular formula is C13H22N4O. The van der Waals surface area contributed by atoms with E-state index in [-0.39, 0.29) is 11.3 Å². The molecule has 1 aliphatic heterocycles. The molecule has 1 aromatic rings. The van der Waals surface area contributed by atoms with Crippen LogP contribution in [0.2, 0.25) is 0 Å². The zero-order valence-corrected chi connectivity index (χ0v) is 11.2. The molecule has 1 amide bonds. The van der Waals surface area contributed by atoms with Crippen LogP contribution in [0.25, 0.3) is 0 Å². The fraction of sp³-hybridized carbons (Fsp3) is 0.692. The van der Waals surface area contributed by atoms with E-state index in [4.69, 9.17) is 0 Å². The van der Waals surface area contributed by atoms with Crippen LogP contribution in [-0.2, 0) is 18.4 Å². The summed E-state index contributed by atoms with van der Waals surface area (Å²) in [6.45, 7) is 4.45. The minimum absolute atomic E-state index is 0.179. The number of carbonyl (C=O) groups excluding carboxylic acids is 1. The van der Waals surface area contributed by atoms with E-state index in [2.05, 4.69) is 22.7 Å². The van der Waals surface area contributed by atoms with Crippen LogP contribution in [0, 0.1) is 5.41 Å². The molecule has 1 aliphatic rings. The van der Waals surface area contributed by atoms with Crippen LogP contribution in [0.15, 0.2) is 12.4 Å². The lowest BCUT2D eigenvalue weighted by molar-refractivity contribution is -0.130. The lowest BCUT2D eigenvalue weighted by Crippen LogP contribution is -2.42. The van der Waals surface area contributed by atoms with Crippen molar-refractivity contribution in [2.45, 2.75) is 32.7 Å². The predicted molar refractivity (Wildman–Crippen MR) is 69.9 cm³/mol. The summed E-state index contributed by atoms with van der Waals surface area (Å²) < 4.78 is 1.75. The lowest BCUT2D eigenvalue weighted by atomic mass is 9.81. The van der Waals surface area contributed by atoms with Gasteiger partial charge in [0.2, 0.25) is 5.91 Å². The molecule has 2 heterocycles. The third-order valence-electron chi connectivity index (χ3n) is 3.67. The first-order chi connectivity index (χ1) is 8.66. The first kappa shape index (κ1) is 13.1. The van der Waals surface area contributed by atoms with Gasteiger partial charge >= 0.3 is 0 Å². The second kappa shape index (κ2) is 5.52. The third kappa shape index (κ3) is 2.72. The second-order valence-corrected chi connectivity index (χ2v) is 5.16. The number of nitrogens with zero attached hydrogens (tertiary/aromatic N) is 2. The molecule has 1 unspecified atom stereocenters. The maximum absolute atomic E-state index is 12.4. The van der Waals surface area contributed by atoms with Crippen molar-refractivity contribution in [2.75, 3.05) is 13.1 Å². The van der Waals surface area contributed by atoms with Crippen LogP contribution in [-0.4, -0.2) is 28.8 Å². The summed E-state index contributed by atoms with van der Waals surface area (Å²) in [6, 6.07) is 0. The maximum atomic E-state index is 12.4. The predicted octanol–water partition coefficient (Wildman–Crippen LogP) is 0.816. The molecule has 0 aliphatic carbocycles. The molecule has 2 rings (SSSR count). The molecule has 100 valence electrons. The van der Waals surface area contributed by atoms with Gasteiger partial charge < -0.3 is 10.6 Å². The molecule has 1 saturated heterocycles. The van der Waals surface area contributed by atoms with Crippen molar-refractivity contribution in [1.82, 2.24) is 20.4 Å². The normalized spacial score (nSPS) is 23.2. The summed E-state index contributed by atoms with van der Waals surface area (Å²) in [7, 11) is 1.88. The smallest absolute Gasteiger partial charge is 0.227 e. The fourth-order valence-electron chi connectivity index (χ4n) is 2.68. The minimum Gasteiger partial charge on any atom is -0.351 e. The van der Waals surface area contributed by atoms with Gasteiger partial charge in [0.05, 0.1) is 11.6 Å². The van der Waals surface area contributed by atoms with Crippen molar-refractivity contribution in [1.29, 1.82) is 0 Å². The molecule has 18 heavy (non-hydrogen) atoms. The topological polar surface area (TPSA) is 59.0 Å². The molecule has 0 spiro atoms. The highest BCUT2D eigenvalue weighted by molar-refractivity contribution is 5.83. The van der Waals surface area contributed by atoms with Gasteiger partial charge in [-0.15, -0.1) is 0 Å². The van der Waals surface area contributed by atoms with E-state index in [1.807, 2.05) is 13.2 Å². The van der Waals surface area contributed by atoms with Crippen molar-refractivity contribution in [2.24, 2.45) is 12.5 Å². The Bertz CT molecular complexity index is 407. The summed E-state index contributed by atoms with van der Waals surface area (Å²) in [5.41, 5.74) is 0.847. The van der Waals surface area contributed by atoms with E-state index >= 15 is 0 Å². The Balaban J connectivity index is 1.93. The summed E-state index contributed by atoms with van der Waals surface area (Å²) in [6.07, 6.45) is 6.67. The summed E-state index contributed by atoms with van der Waals surface area (Å²) in [5.74, 6) is 0.179. The molecule has 2 N–H and O–H groups in total. The van der Waals surface area contributed by atoms with Crippen molar-refractivity contribution in [3.63, 3.8) is 0 Å². The van der Waals surface area contributed by atoms with E-state index in [0.29, 0.717) is 6.54 Å². The van der Waals surface area contributed by atoms with E-state index in [9.17, 15) is 4.79 Å². The highest BCUT2D eigenvalue weighted by Crippen LogP contribution is 2.31. The average Bonchev–Trinajstić information content (AvgIpc) is 2.97. The summed E-state index contributed by atoms with van der Waals surface area (Å²) >= 11 is 0. The van der Waals surface area contributed by atoms with Gasteiger partial charge in [0.1, 0.15) is 0 Å². The monoisotopic (exact) mass is 250 g/mol. The van der Waals surface area contributed by atoms with Crippen LogP contribution < -0.4 is 10.6 Å². The van der Waals surface area contributed by atoms with Gasteiger partial charge in [-0.1, -0.05) is 13.3 Å². The highest BCUT2D eigenvalue weighted by atomic mass is 16.2. The molecule has 5 nitrogen and oxygen atoms in total. The highest BCUT2D eigenvalue weighted by Gasteiger charge is 2.39. The third-order valence-corrected chi connectivity index (χ3v) is 3.67. The van der Waals surface area contributed by atoms with E-state index < -0.39 is 0 Å². The second-order valence-electron chi connectivity index (χ2n) is 5.16. The van der Waals surface area contributed by atoms with Crippen LogP contribution in [0.5, 0.6) is 0 Å². The van der Waals surface area contributed by atoms with Gasteiger partial charge in [-0.2, -0.15) is 5.10 Å². The largest absolute Gasteiger partial charge is 0.351 e. The lowest BCUT2D eigenvalue weighted by Gasteiger charge is -2.26. The standard InChI is InChI=1S/C13H22N4O/c1-3-4-13(5-6-14-10-13)12(18)15-7-11-8-16-17(2)9-11/h8-9,14H,3-7,10H2,1-2H3,(H,15,18). The van der Waals surface area contributed by atoms with Crippen LogP contribution >= 0.6 is 0 Å². The molecule has 1 fully saturated rings. The minimum atomic E-state index is -0.197. The van der Waals surface area contributed by atoms with Gasteiger partial charge in [0, 0.05) is 31.9 Å². The molecule has 1 aromatic heterocycles. The van der Waals surface area contributed by atoms with Crippen molar-refractivity contribution < 1.29 is 4.79 Å².